The minimum atomic E-state index is -3.60. The van der Waals surface area contributed by atoms with Crippen LogP contribution in [-0.2, 0) is 10.0 Å². The van der Waals surface area contributed by atoms with Crippen molar-refractivity contribution in [2.45, 2.75) is 25.0 Å². The van der Waals surface area contributed by atoms with E-state index in [1.165, 1.54) is 11.3 Å². The molecule has 0 aliphatic rings. The van der Waals surface area contributed by atoms with Gasteiger partial charge >= 0.3 is 0 Å². The second-order valence-electron chi connectivity index (χ2n) is 5.54. The first kappa shape index (κ1) is 15.8. The molecule has 0 saturated heterocycles. The molecule has 0 radical (unpaired) electrons. The van der Waals surface area contributed by atoms with Crippen LogP contribution >= 0.6 is 11.3 Å². The van der Waals surface area contributed by atoms with Crippen LogP contribution in [0.2, 0.25) is 0 Å². The van der Waals surface area contributed by atoms with Crippen molar-refractivity contribution in [2.75, 3.05) is 4.72 Å². The number of nitrogens with one attached hydrogen (secondary N) is 2. The zero-order chi connectivity index (χ0) is 16.6. The van der Waals surface area contributed by atoms with Crippen LogP contribution in [0.25, 0.3) is 10.6 Å². The van der Waals surface area contributed by atoms with E-state index in [1.807, 2.05) is 45.0 Å². The van der Waals surface area contributed by atoms with E-state index in [-0.39, 0.29) is 4.21 Å². The molecule has 7 heteroatoms. The smallest absolute Gasteiger partial charge is 0.271 e. The van der Waals surface area contributed by atoms with E-state index in [0.29, 0.717) is 5.69 Å². The summed E-state index contributed by atoms with van der Waals surface area (Å²) in [5, 5.41) is 7.02. The summed E-state index contributed by atoms with van der Waals surface area (Å²) < 4.78 is 28.0. The van der Waals surface area contributed by atoms with Crippen LogP contribution in [0.15, 0.2) is 40.6 Å². The van der Waals surface area contributed by atoms with Gasteiger partial charge in [-0.05, 0) is 62.2 Å². The van der Waals surface area contributed by atoms with Gasteiger partial charge in [0.25, 0.3) is 10.0 Å². The average Bonchev–Trinajstić information content (AvgIpc) is 3.05. The van der Waals surface area contributed by atoms with Crippen molar-refractivity contribution in [3.8, 4) is 10.6 Å². The molecule has 5 nitrogen and oxygen atoms in total. The molecular formula is C16H17N3O2S2. The first-order chi connectivity index (χ1) is 10.8. The van der Waals surface area contributed by atoms with Gasteiger partial charge in [0.2, 0.25) is 0 Å². The number of rotatable bonds is 4. The van der Waals surface area contributed by atoms with Crippen molar-refractivity contribution in [3.05, 3.63) is 53.2 Å². The third kappa shape index (κ3) is 3.46. The first-order valence-corrected chi connectivity index (χ1v) is 9.37. The molecule has 0 aliphatic carbocycles. The molecule has 2 N–H and O–H groups in total. The molecule has 2 aromatic heterocycles. The Kier molecular flexibility index (Phi) is 3.99. The van der Waals surface area contributed by atoms with Crippen LogP contribution in [0.5, 0.6) is 0 Å². The number of aromatic amines is 1. The van der Waals surface area contributed by atoms with Crippen LogP contribution in [0.4, 0.5) is 5.69 Å². The number of sulfonamides is 1. The normalized spacial score (nSPS) is 11.6. The van der Waals surface area contributed by atoms with Crippen molar-refractivity contribution < 1.29 is 8.42 Å². The number of thiophene rings is 1. The summed E-state index contributed by atoms with van der Waals surface area (Å²) in [6, 6.07) is 10.9. The van der Waals surface area contributed by atoms with Crippen molar-refractivity contribution >= 4 is 27.0 Å². The first-order valence-electron chi connectivity index (χ1n) is 7.07. The summed E-state index contributed by atoms with van der Waals surface area (Å²) >= 11 is 1.20. The molecule has 2 heterocycles. The molecule has 0 amide bonds. The van der Waals surface area contributed by atoms with E-state index in [1.54, 1.807) is 12.1 Å². The van der Waals surface area contributed by atoms with Gasteiger partial charge in [-0.15, -0.1) is 11.3 Å². The van der Waals surface area contributed by atoms with Crippen LogP contribution < -0.4 is 4.72 Å². The summed E-state index contributed by atoms with van der Waals surface area (Å²) in [7, 11) is -3.60. The van der Waals surface area contributed by atoms with Gasteiger partial charge in [-0.3, -0.25) is 9.82 Å². The Hall–Kier alpha value is -2.12. The number of aryl methyl sites for hydroxylation is 3. The standard InChI is InChI=1S/C16H17N3O2S2/c1-10-6-11(2)8-13(7-10)19-23(20,21)16-5-4-15(22-16)14-9-12(3)17-18-14/h4-9,19H,1-3H3,(H,17,18). The number of anilines is 1. The van der Waals surface area contributed by atoms with Crippen molar-refractivity contribution in [2.24, 2.45) is 0 Å². The lowest BCUT2D eigenvalue weighted by molar-refractivity contribution is 0.603. The maximum Gasteiger partial charge on any atom is 0.271 e. The van der Waals surface area contributed by atoms with Crippen molar-refractivity contribution in [1.29, 1.82) is 0 Å². The lowest BCUT2D eigenvalue weighted by Gasteiger charge is -2.08. The Morgan fingerprint density at radius 2 is 1.74 bits per heavy atom. The molecule has 0 fully saturated rings. The van der Waals surface area contributed by atoms with E-state index < -0.39 is 10.0 Å². The molecule has 1 aromatic carbocycles. The molecule has 0 saturated carbocycles. The van der Waals surface area contributed by atoms with Crippen LogP contribution in [-0.4, -0.2) is 18.6 Å². The molecule has 3 aromatic rings. The van der Waals surface area contributed by atoms with Gasteiger partial charge in [0.1, 0.15) is 9.90 Å². The molecule has 120 valence electrons. The van der Waals surface area contributed by atoms with E-state index in [2.05, 4.69) is 14.9 Å². The summed E-state index contributed by atoms with van der Waals surface area (Å²) in [6.45, 7) is 5.78. The largest absolute Gasteiger partial charge is 0.282 e. The SMILES string of the molecule is Cc1cc(C)cc(NS(=O)(=O)c2ccc(-c3cc(C)[nH]n3)s2)c1. The minimum Gasteiger partial charge on any atom is -0.282 e. The van der Waals surface area contributed by atoms with Crippen LogP contribution in [0, 0.1) is 20.8 Å². The zero-order valence-corrected chi connectivity index (χ0v) is 14.7. The fourth-order valence-corrected chi connectivity index (χ4v) is 4.69. The van der Waals surface area contributed by atoms with E-state index >= 15 is 0 Å². The highest BCUT2D eigenvalue weighted by Crippen LogP contribution is 2.31. The average molecular weight is 347 g/mol. The second-order valence-corrected chi connectivity index (χ2v) is 8.53. The van der Waals surface area contributed by atoms with Crippen LogP contribution in [0.3, 0.4) is 0 Å². The second kappa shape index (κ2) is 5.82. The van der Waals surface area contributed by atoms with Gasteiger partial charge in [-0.1, -0.05) is 6.07 Å². The maximum atomic E-state index is 12.5. The number of nitrogens with zero attached hydrogens (tertiary/aromatic N) is 1. The Morgan fingerprint density at radius 3 is 2.35 bits per heavy atom. The third-order valence-corrected chi connectivity index (χ3v) is 6.26. The lowest BCUT2D eigenvalue weighted by Crippen LogP contribution is -2.11. The summed E-state index contributed by atoms with van der Waals surface area (Å²) in [5.74, 6) is 0. The van der Waals surface area contributed by atoms with Gasteiger partial charge in [-0.25, -0.2) is 8.42 Å². The Labute approximate surface area is 139 Å². The number of benzene rings is 1. The van der Waals surface area contributed by atoms with Crippen molar-refractivity contribution in [3.63, 3.8) is 0 Å². The van der Waals surface area contributed by atoms with Gasteiger partial charge in [-0.2, -0.15) is 5.10 Å². The van der Waals surface area contributed by atoms with E-state index in [4.69, 9.17) is 0 Å². The van der Waals surface area contributed by atoms with E-state index in [9.17, 15) is 8.42 Å². The predicted octanol–water partition coefficient (Wildman–Crippen LogP) is 3.86. The number of hydrogen-bond donors (Lipinski definition) is 2. The molecule has 0 unspecified atom stereocenters. The molecule has 3 rings (SSSR count). The third-order valence-electron chi connectivity index (χ3n) is 3.28. The maximum absolute atomic E-state index is 12.5. The number of aromatic nitrogens is 2. The molecule has 23 heavy (non-hydrogen) atoms. The summed E-state index contributed by atoms with van der Waals surface area (Å²) in [5.41, 5.74) is 4.29. The number of H-pyrrole nitrogens is 1. The van der Waals surface area contributed by atoms with Gasteiger partial charge < -0.3 is 0 Å². The predicted molar refractivity (Wildman–Crippen MR) is 93.4 cm³/mol. The highest BCUT2D eigenvalue weighted by Gasteiger charge is 2.18. The molecule has 0 bridgehead atoms. The summed E-state index contributed by atoms with van der Waals surface area (Å²) in [6.07, 6.45) is 0. The number of hydrogen-bond acceptors (Lipinski definition) is 4. The lowest BCUT2D eigenvalue weighted by atomic mass is 10.1. The van der Waals surface area contributed by atoms with Gasteiger partial charge in [0, 0.05) is 11.4 Å². The van der Waals surface area contributed by atoms with Gasteiger partial charge in [0.05, 0.1) is 4.88 Å². The van der Waals surface area contributed by atoms with E-state index in [0.717, 1.165) is 27.4 Å². The fraction of sp³-hybridized carbons (Fsp3) is 0.188. The van der Waals surface area contributed by atoms with Crippen molar-refractivity contribution in [1.82, 2.24) is 10.2 Å². The Bertz CT molecular complexity index is 935. The molecule has 0 atom stereocenters. The van der Waals surface area contributed by atoms with Crippen LogP contribution in [0.1, 0.15) is 16.8 Å². The fourth-order valence-electron chi connectivity index (χ4n) is 2.39. The minimum absolute atomic E-state index is 0.271. The topological polar surface area (TPSA) is 74.8 Å². The molecule has 0 spiro atoms. The summed E-state index contributed by atoms with van der Waals surface area (Å²) in [4.78, 5) is 0.815. The quantitative estimate of drug-likeness (QED) is 0.752. The highest BCUT2D eigenvalue weighted by molar-refractivity contribution is 7.94. The Balaban J connectivity index is 1.89. The van der Waals surface area contributed by atoms with Gasteiger partial charge in [0.15, 0.2) is 0 Å². The Morgan fingerprint density at radius 1 is 1.04 bits per heavy atom. The molecular weight excluding hydrogens is 330 g/mol. The zero-order valence-electron chi connectivity index (χ0n) is 13.0. The molecule has 0 aliphatic heterocycles. The highest BCUT2D eigenvalue weighted by atomic mass is 32.2. The monoisotopic (exact) mass is 347 g/mol.